The molecule has 1 amide bonds. The van der Waals surface area contributed by atoms with Crippen LogP contribution in [0, 0.1) is 5.92 Å². The number of nitrogens with zero attached hydrogens (tertiary/aromatic N) is 5. The van der Waals surface area contributed by atoms with Crippen LogP contribution in [0.4, 0.5) is 0 Å². The van der Waals surface area contributed by atoms with Gasteiger partial charge in [-0.05, 0) is 37.6 Å². The molecule has 10 nitrogen and oxygen atoms in total. The number of hydrogen-bond donors (Lipinski definition) is 1. The molecule has 0 saturated carbocycles. The van der Waals surface area contributed by atoms with Crippen LogP contribution in [-0.4, -0.2) is 82.5 Å². The van der Waals surface area contributed by atoms with E-state index < -0.39 is 16.1 Å². The SMILES string of the molecule is C[C@H](CO)N1C[C@H](C)[C@@H](CN(C)S(=O)(=O)c2ccc(Cl)cc2)OCc2cn(nn2)CCCC1=O. The van der Waals surface area contributed by atoms with E-state index in [4.69, 9.17) is 16.3 Å². The number of carbonyl (C=O) groups is 1. The van der Waals surface area contributed by atoms with Crippen LogP contribution in [0.15, 0.2) is 35.4 Å². The van der Waals surface area contributed by atoms with Crippen LogP contribution < -0.4 is 0 Å². The van der Waals surface area contributed by atoms with Gasteiger partial charge in [0.2, 0.25) is 15.9 Å². The van der Waals surface area contributed by atoms with Gasteiger partial charge in [-0.25, -0.2) is 8.42 Å². The van der Waals surface area contributed by atoms with Gasteiger partial charge in [-0.1, -0.05) is 23.7 Å². The van der Waals surface area contributed by atoms with Gasteiger partial charge in [-0.2, -0.15) is 4.31 Å². The van der Waals surface area contributed by atoms with Gasteiger partial charge in [0.1, 0.15) is 5.69 Å². The van der Waals surface area contributed by atoms with Gasteiger partial charge in [0.05, 0.1) is 36.5 Å². The van der Waals surface area contributed by atoms with E-state index in [0.29, 0.717) is 36.6 Å². The monoisotopic (exact) mass is 513 g/mol. The molecular formula is C22H32ClN5O5S. The fourth-order valence-corrected chi connectivity index (χ4v) is 5.14. The van der Waals surface area contributed by atoms with E-state index in [1.54, 1.807) is 22.7 Å². The number of fused-ring (bicyclic) bond motifs is 2. The Balaban J connectivity index is 1.85. The molecule has 0 unspecified atom stereocenters. The van der Waals surface area contributed by atoms with E-state index in [1.807, 2.05) is 6.92 Å². The molecular weight excluding hydrogens is 482 g/mol. The van der Waals surface area contributed by atoms with Gasteiger partial charge in [0.15, 0.2) is 0 Å². The van der Waals surface area contributed by atoms with Gasteiger partial charge < -0.3 is 14.7 Å². The largest absolute Gasteiger partial charge is 0.394 e. The zero-order chi connectivity index (χ0) is 24.9. The minimum Gasteiger partial charge on any atom is -0.394 e. The van der Waals surface area contributed by atoms with Crippen molar-refractivity contribution in [3.05, 3.63) is 41.2 Å². The molecule has 3 atom stereocenters. The summed E-state index contributed by atoms with van der Waals surface area (Å²) < 4.78 is 35.3. The van der Waals surface area contributed by atoms with E-state index in [1.165, 1.54) is 35.6 Å². The second kappa shape index (κ2) is 11.6. The Morgan fingerprint density at radius 3 is 2.71 bits per heavy atom. The van der Waals surface area contributed by atoms with Crippen molar-refractivity contribution < 1.29 is 23.1 Å². The van der Waals surface area contributed by atoms with E-state index in [0.717, 1.165) is 0 Å². The number of amides is 1. The quantitative estimate of drug-likeness (QED) is 0.625. The number of rotatable bonds is 6. The highest BCUT2D eigenvalue weighted by Crippen LogP contribution is 2.21. The summed E-state index contributed by atoms with van der Waals surface area (Å²) in [6.45, 7) is 4.63. The molecule has 2 bridgehead atoms. The molecule has 12 heteroatoms. The van der Waals surface area contributed by atoms with Crippen molar-refractivity contribution in [2.24, 2.45) is 5.92 Å². The topological polar surface area (TPSA) is 118 Å². The zero-order valence-corrected chi connectivity index (χ0v) is 21.2. The number of ether oxygens (including phenoxy) is 1. The number of benzene rings is 1. The van der Waals surface area contributed by atoms with Gasteiger partial charge in [0.25, 0.3) is 0 Å². The lowest BCUT2D eigenvalue weighted by Gasteiger charge is -2.35. The first-order valence-corrected chi connectivity index (χ1v) is 13.1. The lowest BCUT2D eigenvalue weighted by Crippen LogP contribution is -2.47. The Bertz CT molecular complexity index is 1060. The maximum atomic E-state index is 13.1. The molecule has 0 fully saturated rings. The first kappa shape index (κ1) is 26.6. The molecule has 1 aliphatic heterocycles. The highest BCUT2D eigenvalue weighted by Gasteiger charge is 2.31. The van der Waals surface area contributed by atoms with Gasteiger partial charge >= 0.3 is 0 Å². The minimum absolute atomic E-state index is 0.0653. The maximum absolute atomic E-state index is 13.1. The molecule has 188 valence electrons. The predicted molar refractivity (Wildman–Crippen MR) is 127 cm³/mol. The number of aliphatic hydroxyl groups excluding tert-OH is 1. The first-order chi connectivity index (χ1) is 16.1. The molecule has 34 heavy (non-hydrogen) atoms. The second-order valence-electron chi connectivity index (χ2n) is 8.72. The smallest absolute Gasteiger partial charge is 0.242 e. The summed E-state index contributed by atoms with van der Waals surface area (Å²) >= 11 is 5.91. The van der Waals surface area contributed by atoms with Crippen LogP contribution in [-0.2, 0) is 32.7 Å². The van der Waals surface area contributed by atoms with Gasteiger partial charge in [-0.3, -0.25) is 9.48 Å². The third kappa shape index (κ3) is 6.54. The Morgan fingerprint density at radius 1 is 1.32 bits per heavy atom. The summed E-state index contributed by atoms with van der Waals surface area (Å²) in [4.78, 5) is 14.7. The third-order valence-electron chi connectivity index (χ3n) is 6.00. The number of halogens is 1. The van der Waals surface area contributed by atoms with Gasteiger partial charge in [-0.15, -0.1) is 5.10 Å². The van der Waals surface area contributed by atoms with Crippen molar-refractivity contribution in [3.8, 4) is 0 Å². The van der Waals surface area contributed by atoms with Gasteiger partial charge in [0, 0.05) is 44.0 Å². The minimum atomic E-state index is -3.78. The van der Waals surface area contributed by atoms with Crippen LogP contribution in [0.3, 0.4) is 0 Å². The molecule has 0 radical (unpaired) electrons. The van der Waals surface area contributed by atoms with E-state index >= 15 is 0 Å². The van der Waals surface area contributed by atoms with Crippen LogP contribution in [0.25, 0.3) is 0 Å². The number of likely N-dealkylation sites (N-methyl/N-ethyl adjacent to an activating group) is 1. The number of aromatic nitrogens is 3. The lowest BCUT2D eigenvalue weighted by molar-refractivity contribution is -0.136. The molecule has 0 saturated heterocycles. The van der Waals surface area contributed by atoms with Crippen molar-refractivity contribution in [1.29, 1.82) is 0 Å². The van der Waals surface area contributed by atoms with Crippen LogP contribution in [0.1, 0.15) is 32.4 Å². The number of aryl methyl sites for hydroxylation is 1. The molecule has 0 aliphatic carbocycles. The second-order valence-corrected chi connectivity index (χ2v) is 11.2. The van der Waals surface area contributed by atoms with Crippen LogP contribution >= 0.6 is 11.6 Å². The summed E-state index contributed by atoms with van der Waals surface area (Å²) in [7, 11) is -2.28. The zero-order valence-electron chi connectivity index (χ0n) is 19.7. The fraction of sp³-hybridized carbons (Fsp3) is 0.591. The van der Waals surface area contributed by atoms with E-state index in [2.05, 4.69) is 10.3 Å². The molecule has 2 heterocycles. The summed E-state index contributed by atoms with van der Waals surface area (Å²) in [5.74, 6) is -0.300. The molecule has 1 aromatic heterocycles. The molecule has 1 N–H and O–H groups in total. The van der Waals surface area contributed by atoms with Crippen molar-refractivity contribution in [2.75, 3.05) is 26.7 Å². The van der Waals surface area contributed by atoms with Crippen LogP contribution in [0.5, 0.6) is 0 Å². The molecule has 2 aromatic rings. The Morgan fingerprint density at radius 2 is 2.03 bits per heavy atom. The van der Waals surface area contributed by atoms with Crippen molar-refractivity contribution in [2.45, 2.75) is 56.9 Å². The fourth-order valence-electron chi connectivity index (χ4n) is 3.83. The predicted octanol–water partition coefficient (Wildman–Crippen LogP) is 1.78. The standard InChI is InChI=1S/C22H32ClN5O5S/c1-16-11-28(17(2)14-29)22(30)5-4-10-27-12-19(24-25-27)15-33-21(16)13-26(3)34(31,32)20-8-6-18(23)7-9-20/h6-9,12,16-17,21,29H,4-5,10-11,13-15H2,1-3H3/t16-,17+,21+/m0/s1. The summed E-state index contributed by atoms with van der Waals surface area (Å²) in [5.41, 5.74) is 0.631. The molecule has 1 aromatic carbocycles. The molecule has 1 aliphatic rings. The lowest BCUT2D eigenvalue weighted by atomic mass is 10.0. The summed E-state index contributed by atoms with van der Waals surface area (Å²) in [5, 5.41) is 18.4. The molecule has 0 spiro atoms. The van der Waals surface area contributed by atoms with Crippen LogP contribution in [0.2, 0.25) is 5.02 Å². The number of sulfonamides is 1. The maximum Gasteiger partial charge on any atom is 0.242 e. The number of carbonyl (C=O) groups excluding carboxylic acids is 1. The summed E-state index contributed by atoms with van der Waals surface area (Å²) in [6.07, 6.45) is 2.13. The Hall–Kier alpha value is -2.05. The normalized spacial score (nSPS) is 21.6. The van der Waals surface area contributed by atoms with E-state index in [9.17, 15) is 18.3 Å². The average molecular weight is 514 g/mol. The van der Waals surface area contributed by atoms with Crippen molar-refractivity contribution in [1.82, 2.24) is 24.2 Å². The highest BCUT2D eigenvalue weighted by molar-refractivity contribution is 7.89. The van der Waals surface area contributed by atoms with Crippen molar-refractivity contribution >= 4 is 27.5 Å². The van der Waals surface area contributed by atoms with Crippen molar-refractivity contribution in [3.63, 3.8) is 0 Å². The highest BCUT2D eigenvalue weighted by atomic mass is 35.5. The third-order valence-corrected chi connectivity index (χ3v) is 8.09. The number of hydrogen-bond acceptors (Lipinski definition) is 7. The average Bonchev–Trinajstić information content (AvgIpc) is 3.26. The molecule has 3 rings (SSSR count). The van der Waals surface area contributed by atoms with E-state index in [-0.39, 0.29) is 42.5 Å². The number of aliphatic hydroxyl groups is 1. The Labute approximate surface area is 205 Å². The Kier molecular flexibility index (Phi) is 9.05. The first-order valence-electron chi connectivity index (χ1n) is 11.2. The summed E-state index contributed by atoms with van der Waals surface area (Å²) in [6, 6.07) is 5.62.